The second-order valence-electron chi connectivity index (χ2n) is 3.17. The number of nitrogens with zero attached hydrogens (tertiary/aromatic N) is 1. The van der Waals surface area contributed by atoms with Gasteiger partial charge in [-0.1, -0.05) is 23.7 Å². The number of benzene rings is 1. The van der Waals surface area contributed by atoms with E-state index in [0.717, 1.165) is 5.56 Å². The topological polar surface area (TPSA) is 37.2 Å². The molecule has 78 valence electrons. The van der Waals surface area contributed by atoms with Gasteiger partial charge in [0.1, 0.15) is 5.75 Å². The molecule has 0 aliphatic heterocycles. The molecule has 0 amide bonds. The molecule has 1 heterocycles. The molecule has 0 spiro atoms. The number of para-hydroxylation sites is 1. The number of phenols is 1. The summed E-state index contributed by atoms with van der Waals surface area (Å²) in [4.78, 5) is 0. The van der Waals surface area contributed by atoms with Crippen molar-refractivity contribution in [3.63, 3.8) is 0 Å². The summed E-state index contributed by atoms with van der Waals surface area (Å²) in [5.41, 5.74) is 3.88. The molecule has 2 N–H and O–H groups in total. The van der Waals surface area contributed by atoms with Gasteiger partial charge in [-0.25, -0.2) is 0 Å². The molecule has 3 nitrogen and oxygen atoms in total. The Morgan fingerprint density at radius 1 is 1.20 bits per heavy atom. The summed E-state index contributed by atoms with van der Waals surface area (Å²) in [6.07, 6.45) is 3.78. The largest absolute Gasteiger partial charge is 0.506 e. The lowest BCUT2D eigenvalue weighted by atomic mass is 10.2. The molecule has 2 aromatic rings. The molecule has 0 aliphatic carbocycles. The van der Waals surface area contributed by atoms with Gasteiger partial charge in [0.2, 0.25) is 0 Å². The van der Waals surface area contributed by atoms with Gasteiger partial charge in [0, 0.05) is 18.0 Å². The van der Waals surface area contributed by atoms with Crippen molar-refractivity contribution in [2.75, 3.05) is 5.43 Å². The third-order valence-electron chi connectivity index (χ3n) is 2.13. The van der Waals surface area contributed by atoms with Crippen molar-refractivity contribution in [3.8, 4) is 5.75 Å². The highest BCUT2D eigenvalue weighted by molar-refractivity contribution is 6.32. The van der Waals surface area contributed by atoms with Crippen LogP contribution in [-0.4, -0.2) is 9.78 Å². The molecule has 15 heavy (non-hydrogen) atoms. The van der Waals surface area contributed by atoms with Crippen LogP contribution in [0, 0.1) is 0 Å². The van der Waals surface area contributed by atoms with Gasteiger partial charge in [-0.05, 0) is 18.2 Å². The lowest BCUT2D eigenvalue weighted by molar-refractivity contribution is 0.468. The first-order valence-electron chi connectivity index (χ1n) is 4.60. The van der Waals surface area contributed by atoms with E-state index in [1.54, 1.807) is 6.07 Å². The zero-order chi connectivity index (χ0) is 10.7. The molecule has 0 bridgehead atoms. The van der Waals surface area contributed by atoms with Crippen molar-refractivity contribution in [3.05, 3.63) is 53.3 Å². The molecule has 0 aliphatic rings. The summed E-state index contributed by atoms with van der Waals surface area (Å²) < 4.78 is 1.82. The zero-order valence-electron chi connectivity index (χ0n) is 8.02. The van der Waals surface area contributed by atoms with Crippen molar-refractivity contribution in [2.24, 2.45) is 0 Å². The van der Waals surface area contributed by atoms with Gasteiger partial charge >= 0.3 is 0 Å². The summed E-state index contributed by atoms with van der Waals surface area (Å²) in [5.74, 6) is 0.138. The van der Waals surface area contributed by atoms with Crippen LogP contribution >= 0.6 is 11.6 Å². The smallest absolute Gasteiger partial charge is 0.139 e. The van der Waals surface area contributed by atoms with Gasteiger partial charge in [0.05, 0.1) is 11.6 Å². The van der Waals surface area contributed by atoms with Crippen LogP contribution < -0.4 is 5.43 Å². The van der Waals surface area contributed by atoms with E-state index in [0.29, 0.717) is 11.6 Å². The Morgan fingerprint density at radius 3 is 2.67 bits per heavy atom. The molecule has 1 aromatic heterocycles. The molecule has 1 aromatic carbocycles. The van der Waals surface area contributed by atoms with Crippen LogP contribution in [0.4, 0.5) is 0 Å². The van der Waals surface area contributed by atoms with Crippen LogP contribution in [-0.2, 0) is 6.54 Å². The first-order valence-corrected chi connectivity index (χ1v) is 4.98. The van der Waals surface area contributed by atoms with Gasteiger partial charge < -0.3 is 10.5 Å². The molecular formula is C11H11ClN2O. The maximum absolute atomic E-state index is 9.64. The highest BCUT2D eigenvalue weighted by Gasteiger charge is 2.03. The Balaban J connectivity index is 2.08. The first-order chi connectivity index (χ1) is 7.27. The van der Waals surface area contributed by atoms with Crippen molar-refractivity contribution < 1.29 is 5.11 Å². The van der Waals surface area contributed by atoms with E-state index in [1.807, 2.05) is 41.3 Å². The molecule has 0 radical (unpaired) electrons. The van der Waals surface area contributed by atoms with Gasteiger partial charge in [-0.15, -0.1) is 0 Å². The Kier molecular flexibility index (Phi) is 2.83. The number of nitrogens with one attached hydrogen (secondary N) is 1. The minimum Gasteiger partial charge on any atom is -0.506 e. The number of phenolic OH excluding ortho intramolecular Hbond substituents is 1. The molecule has 0 saturated heterocycles. The van der Waals surface area contributed by atoms with Crippen molar-refractivity contribution in [1.82, 2.24) is 4.68 Å². The van der Waals surface area contributed by atoms with Crippen LogP contribution in [0.5, 0.6) is 5.75 Å². The first kappa shape index (κ1) is 9.93. The summed E-state index contributed by atoms with van der Waals surface area (Å²) in [6, 6.07) is 9.15. The summed E-state index contributed by atoms with van der Waals surface area (Å²) in [7, 11) is 0. The Morgan fingerprint density at radius 2 is 1.93 bits per heavy atom. The minimum absolute atomic E-state index is 0.138. The van der Waals surface area contributed by atoms with E-state index in [1.165, 1.54) is 0 Å². The normalized spacial score (nSPS) is 10.2. The predicted molar refractivity (Wildman–Crippen MR) is 60.6 cm³/mol. The van der Waals surface area contributed by atoms with Crippen LogP contribution in [0.3, 0.4) is 0 Å². The maximum atomic E-state index is 9.64. The molecule has 0 atom stereocenters. The van der Waals surface area contributed by atoms with Crippen molar-refractivity contribution in [1.29, 1.82) is 0 Å². The molecule has 0 unspecified atom stereocenters. The molecule has 2 rings (SSSR count). The highest BCUT2D eigenvalue weighted by Crippen LogP contribution is 2.26. The maximum Gasteiger partial charge on any atom is 0.139 e. The third-order valence-corrected chi connectivity index (χ3v) is 2.43. The van der Waals surface area contributed by atoms with E-state index in [-0.39, 0.29) is 5.75 Å². The van der Waals surface area contributed by atoms with E-state index >= 15 is 0 Å². The number of hydrogen-bond donors (Lipinski definition) is 2. The fourth-order valence-electron chi connectivity index (χ4n) is 1.32. The van der Waals surface area contributed by atoms with Gasteiger partial charge in [-0.3, -0.25) is 4.68 Å². The minimum atomic E-state index is 0.138. The highest BCUT2D eigenvalue weighted by atomic mass is 35.5. The number of halogens is 1. The molecule has 4 heteroatoms. The van der Waals surface area contributed by atoms with Crippen LogP contribution in [0.15, 0.2) is 42.7 Å². The average molecular weight is 223 g/mol. The van der Waals surface area contributed by atoms with Gasteiger partial charge in [0.25, 0.3) is 0 Å². The summed E-state index contributed by atoms with van der Waals surface area (Å²) in [5, 5.41) is 10.0. The van der Waals surface area contributed by atoms with Crippen LogP contribution in [0.2, 0.25) is 5.02 Å². The predicted octanol–water partition coefficient (Wildman–Crippen LogP) is 2.59. The quantitative estimate of drug-likeness (QED) is 0.838. The van der Waals surface area contributed by atoms with Crippen molar-refractivity contribution >= 4 is 11.6 Å². The monoisotopic (exact) mass is 222 g/mol. The summed E-state index contributed by atoms with van der Waals surface area (Å²) in [6.45, 7) is 0.529. The molecule has 0 fully saturated rings. The fraction of sp³-hybridized carbons (Fsp3) is 0.0909. The summed E-state index contributed by atoms with van der Waals surface area (Å²) >= 11 is 5.79. The van der Waals surface area contributed by atoms with Crippen LogP contribution in [0.25, 0.3) is 0 Å². The van der Waals surface area contributed by atoms with E-state index in [2.05, 4.69) is 5.43 Å². The second kappa shape index (κ2) is 4.28. The second-order valence-corrected chi connectivity index (χ2v) is 3.58. The number of hydrogen-bond acceptors (Lipinski definition) is 2. The van der Waals surface area contributed by atoms with E-state index in [4.69, 9.17) is 11.6 Å². The SMILES string of the molecule is Oc1c(Cl)cccc1CNn1cccc1. The van der Waals surface area contributed by atoms with Gasteiger partial charge in [-0.2, -0.15) is 0 Å². The number of aromatic hydroxyl groups is 1. The Hall–Kier alpha value is -1.61. The van der Waals surface area contributed by atoms with Crippen LogP contribution in [0.1, 0.15) is 5.56 Å². The zero-order valence-corrected chi connectivity index (χ0v) is 8.78. The molecule has 0 saturated carbocycles. The van der Waals surface area contributed by atoms with Crippen molar-refractivity contribution in [2.45, 2.75) is 6.54 Å². The third kappa shape index (κ3) is 2.25. The Labute approximate surface area is 92.9 Å². The fourth-order valence-corrected chi connectivity index (χ4v) is 1.51. The lowest BCUT2D eigenvalue weighted by Crippen LogP contribution is -2.11. The van der Waals surface area contributed by atoms with E-state index < -0.39 is 0 Å². The lowest BCUT2D eigenvalue weighted by Gasteiger charge is -2.09. The van der Waals surface area contributed by atoms with Gasteiger partial charge in [0.15, 0.2) is 0 Å². The Bertz CT molecular complexity index is 440. The molecular weight excluding hydrogens is 212 g/mol. The number of rotatable bonds is 3. The van der Waals surface area contributed by atoms with E-state index in [9.17, 15) is 5.11 Å². The average Bonchev–Trinajstić information content (AvgIpc) is 2.73. The number of aromatic nitrogens is 1. The standard InChI is InChI=1S/C11H11ClN2O/c12-10-5-3-4-9(11(10)15)8-13-14-6-1-2-7-14/h1-7,13,15H,8H2.